The van der Waals surface area contributed by atoms with E-state index in [1.165, 1.54) is 6.42 Å². The van der Waals surface area contributed by atoms with Crippen molar-refractivity contribution in [2.24, 2.45) is 17.6 Å². The van der Waals surface area contributed by atoms with Crippen LogP contribution in [0, 0.1) is 25.7 Å². The van der Waals surface area contributed by atoms with Crippen molar-refractivity contribution < 1.29 is 4.79 Å². The van der Waals surface area contributed by atoms with Crippen molar-refractivity contribution in [1.82, 2.24) is 14.7 Å². The Labute approximate surface area is 113 Å². The number of hydrogen-bond acceptors (Lipinski definition) is 3. The molecule has 5 nitrogen and oxygen atoms in total. The molecule has 1 amide bonds. The molecule has 2 heterocycles. The highest BCUT2D eigenvalue weighted by Gasteiger charge is 2.42. The lowest BCUT2D eigenvalue weighted by molar-refractivity contribution is -0.131. The van der Waals surface area contributed by atoms with Crippen molar-refractivity contribution in [1.29, 1.82) is 0 Å². The minimum Gasteiger partial charge on any atom is -0.340 e. The van der Waals surface area contributed by atoms with Crippen LogP contribution >= 0.6 is 0 Å². The largest absolute Gasteiger partial charge is 0.340 e. The van der Waals surface area contributed by atoms with Crippen molar-refractivity contribution in [3.05, 3.63) is 17.5 Å². The molecule has 2 N–H and O–H groups in total. The summed E-state index contributed by atoms with van der Waals surface area (Å²) in [6.45, 7) is 6.02. The summed E-state index contributed by atoms with van der Waals surface area (Å²) in [4.78, 5) is 14.3. The van der Waals surface area contributed by atoms with E-state index in [0.29, 0.717) is 18.4 Å². The van der Waals surface area contributed by atoms with Gasteiger partial charge in [0.05, 0.1) is 5.69 Å². The van der Waals surface area contributed by atoms with Crippen LogP contribution < -0.4 is 5.73 Å². The van der Waals surface area contributed by atoms with Crippen molar-refractivity contribution in [3.8, 4) is 0 Å². The number of carbonyl (C=O) groups excluding carboxylic acids is 1. The lowest BCUT2D eigenvalue weighted by Crippen LogP contribution is -2.35. The first-order valence-electron chi connectivity index (χ1n) is 7.09. The van der Waals surface area contributed by atoms with Gasteiger partial charge in [0.1, 0.15) is 6.54 Å². The molecular weight excluding hydrogens is 240 g/mol. The molecule has 1 saturated carbocycles. The summed E-state index contributed by atoms with van der Waals surface area (Å²) in [7, 11) is 0. The van der Waals surface area contributed by atoms with Gasteiger partial charge in [0.25, 0.3) is 0 Å². The number of amides is 1. The number of likely N-dealkylation sites (tertiary alicyclic amines) is 1. The molecule has 2 aliphatic rings. The zero-order chi connectivity index (χ0) is 13.6. The first kappa shape index (κ1) is 12.7. The monoisotopic (exact) mass is 262 g/mol. The topological polar surface area (TPSA) is 64.2 Å². The van der Waals surface area contributed by atoms with Crippen molar-refractivity contribution in [2.75, 3.05) is 13.1 Å². The minimum atomic E-state index is 0.174. The summed E-state index contributed by atoms with van der Waals surface area (Å²) in [5, 5.41) is 4.35. The Balaban J connectivity index is 1.64. The third kappa shape index (κ3) is 2.27. The summed E-state index contributed by atoms with van der Waals surface area (Å²) in [6.07, 6.45) is 2.30. The van der Waals surface area contributed by atoms with Crippen LogP contribution in [0.4, 0.5) is 0 Å². The van der Waals surface area contributed by atoms with E-state index in [-0.39, 0.29) is 11.9 Å². The van der Waals surface area contributed by atoms with Gasteiger partial charge in [-0.05, 0) is 44.6 Å². The predicted octanol–water partition coefficient (Wildman–Crippen LogP) is 0.696. The van der Waals surface area contributed by atoms with Crippen molar-refractivity contribution in [3.63, 3.8) is 0 Å². The molecule has 2 fully saturated rings. The van der Waals surface area contributed by atoms with Gasteiger partial charge in [0, 0.05) is 24.8 Å². The number of rotatable bonds is 2. The zero-order valence-corrected chi connectivity index (χ0v) is 11.7. The molecule has 3 rings (SSSR count). The number of aromatic nitrogens is 2. The van der Waals surface area contributed by atoms with E-state index in [1.54, 1.807) is 4.68 Å². The molecule has 5 heteroatoms. The van der Waals surface area contributed by atoms with Gasteiger partial charge in [-0.1, -0.05) is 0 Å². The van der Waals surface area contributed by atoms with Crippen molar-refractivity contribution in [2.45, 2.75) is 39.3 Å². The van der Waals surface area contributed by atoms with Gasteiger partial charge < -0.3 is 10.6 Å². The maximum Gasteiger partial charge on any atom is 0.244 e. The SMILES string of the molecule is Cc1cc(C)n(CC(=O)N2CC3CCC(N)C3C2)n1. The van der Waals surface area contributed by atoms with Gasteiger partial charge in [0.2, 0.25) is 5.91 Å². The Morgan fingerprint density at radius 1 is 1.42 bits per heavy atom. The van der Waals surface area contributed by atoms with Crippen LogP contribution in [-0.2, 0) is 11.3 Å². The van der Waals surface area contributed by atoms with Crippen LogP contribution in [-0.4, -0.2) is 39.7 Å². The number of nitrogens with two attached hydrogens (primary N) is 1. The first-order valence-corrected chi connectivity index (χ1v) is 7.09. The minimum absolute atomic E-state index is 0.174. The second kappa shape index (κ2) is 4.63. The van der Waals surface area contributed by atoms with Gasteiger partial charge >= 0.3 is 0 Å². The van der Waals surface area contributed by atoms with Crippen LogP contribution in [0.15, 0.2) is 6.07 Å². The molecule has 1 saturated heterocycles. The Morgan fingerprint density at radius 3 is 2.84 bits per heavy atom. The van der Waals surface area contributed by atoms with Gasteiger partial charge in [-0.3, -0.25) is 9.48 Å². The molecule has 1 aromatic rings. The van der Waals surface area contributed by atoms with E-state index in [0.717, 1.165) is 30.9 Å². The fourth-order valence-corrected chi connectivity index (χ4v) is 3.57. The molecule has 1 aromatic heterocycles. The van der Waals surface area contributed by atoms with Crippen LogP contribution in [0.1, 0.15) is 24.2 Å². The van der Waals surface area contributed by atoms with Gasteiger partial charge in [-0.25, -0.2) is 0 Å². The average molecular weight is 262 g/mol. The maximum atomic E-state index is 12.3. The molecule has 3 unspecified atom stereocenters. The summed E-state index contributed by atoms with van der Waals surface area (Å²) < 4.78 is 1.80. The second-order valence-corrected chi connectivity index (χ2v) is 6.05. The van der Waals surface area contributed by atoms with Gasteiger partial charge in [0.15, 0.2) is 0 Å². The van der Waals surface area contributed by atoms with E-state index >= 15 is 0 Å². The van der Waals surface area contributed by atoms with E-state index in [9.17, 15) is 4.79 Å². The molecule has 3 atom stereocenters. The average Bonchev–Trinajstić information content (AvgIpc) is 2.98. The summed E-state index contributed by atoms with van der Waals surface area (Å²) in [6, 6.07) is 2.29. The lowest BCUT2D eigenvalue weighted by atomic mass is 9.98. The Bertz CT molecular complexity index is 496. The number of carbonyl (C=O) groups is 1. The number of nitrogens with zero attached hydrogens (tertiary/aromatic N) is 3. The number of hydrogen-bond donors (Lipinski definition) is 1. The Kier molecular flexibility index (Phi) is 3.09. The highest BCUT2D eigenvalue weighted by molar-refractivity contribution is 5.76. The van der Waals surface area contributed by atoms with Crippen LogP contribution in [0.25, 0.3) is 0 Å². The highest BCUT2D eigenvalue weighted by Crippen LogP contribution is 2.37. The van der Waals surface area contributed by atoms with E-state index in [1.807, 2.05) is 24.8 Å². The summed E-state index contributed by atoms with van der Waals surface area (Å²) in [5.41, 5.74) is 8.11. The quantitative estimate of drug-likeness (QED) is 0.853. The summed E-state index contributed by atoms with van der Waals surface area (Å²) >= 11 is 0. The van der Waals surface area contributed by atoms with Gasteiger partial charge in [-0.15, -0.1) is 0 Å². The first-order chi connectivity index (χ1) is 9.04. The number of fused-ring (bicyclic) bond motifs is 1. The molecule has 0 aromatic carbocycles. The van der Waals surface area contributed by atoms with E-state index < -0.39 is 0 Å². The molecule has 1 aliphatic heterocycles. The molecule has 104 valence electrons. The molecule has 1 aliphatic carbocycles. The molecule has 19 heavy (non-hydrogen) atoms. The fourth-order valence-electron chi connectivity index (χ4n) is 3.57. The normalized spacial score (nSPS) is 29.8. The smallest absolute Gasteiger partial charge is 0.244 e. The fraction of sp³-hybridized carbons (Fsp3) is 0.714. The van der Waals surface area contributed by atoms with Crippen LogP contribution in [0.3, 0.4) is 0 Å². The summed E-state index contributed by atoms with van der Waals surface area (Å²) in [5.74, 6) is 1.32. The van der Waals surface area contributed by atoms with Crippen LogP contribution in [0.2, 0.25) is 0 Å². The standard InChI is InChI=1S/C14H22N4O/c1-9-5-10(2)18(16-9)8-14(19)17-6-11-3-4-13(15)12(11)7-17/h5,11-13H,3-4,6-8,15H2,1-2H3. The van der Waals surface area contributed by atoms with E-state index in [4.69, 9.17) is 5.73 Å². The lowest BCUT2D eigenvalue weighted by Gasteiger charge is -2.19. The second-order valence-electron chi connectivity index (χ2n) is 6.05. The highest BCUT2D eigenvalue weighted by atomic mass is 16.2. The van der Waals surface area contributed by atoms with Gasteiger partial charge in [-0.2, -0.15) is 5.10 Å². The predicted molar refractivity (Wildman–Crippen MR) is 72.5 cm³/mol. The molecule has 0 radical (unpaired) electrons. The number of aryl methyl sites for hydroxylation is 2. The Hall–Kier alpha value is -1.36. The van der Waals surface area contributed by atoms with Crippen molar-refractivity contribution >= 4 is 5.91 Å². The molecular formula is C14H22N4O. The van der Waals surface area contributed by atoms with Crippen LogP contribution in [0.5, 0.6) is 0 Å². The zero-order valence-electron chi connectivity index (χ0n) is 11.7. The van der Waals surface area contributed by atoms with E-state index in [2.05, 4.69) is 5.10 Å². The molecule has 0 bridgehead atoms. The third-order valence-electron chi connectivity index (χ3n) is 4.65. The molecule has 0 spiro atoms. The maximum absolute atomic E-state index is 12.3. The third-order valence-corrected chi connectivity index (χ3v) is 4.65. The Morgan fingerprint density at radius 2 is 2.21 bits per heavy atom.